The molecule has 0 aliphatic carbocycles. The third-order valence-electron chi connectivity index (χ3n) is 2.92. The second-order valence-corrected chi connectivity index (χ2v) is 7.65. The summed E-state index contributed by atoms with van der Waals surface area (Å²) < 4.78 is 31.9. The predicted molar refractivity (Wildman–Crippen MR) is 86.9 cm³/mol. The van der Waals surface area contributed by atoms with Crippen LogP contribution in [-0.4, -0.2) is 39.0 Å². The highest BCUT2D eigenvalue weighted by Crippen LogP contribution is 2.32. The number of methoxy groups -OCH3 is 1. The minimum Gasteiger partial charge on any atom is -0.383 e. The second-order valence-electron chi connectivity index (χ2n) is 4.71. The fourth-order valence-corrected chi connectivity index (χ4v) is 4.59. The molecule has 1 rings (SSSR count). The first-order chi connectivity index (χ1) is 9.75. The van der Waals surface area contributed by atoms with Gasteiger partial charge in [0.25, 0.3) is 0 Å². The number of halogens is 3. The zero-order valence-corrected chi connectivity index (χ0v) is 15.2. The molecule has 8 heteroatoms. The van der Waals surface area contributed by atoms with Gasteiger partial charge in [-0.3, -0.25) is 0 Å². The largest absolute Gasteiger partial charge is 0.383 e. The number of alkyl halides is 1. The number of sulfonamides is 1. The van der Waals surface area contributed by atoms with Gasteiger partial charge >= 0.3 is 0 Å². The molecule has 0 aliphatic heterocycles. The van der Waals surface area contributed by atoms with Gasteiger partial charge in [-0.05, 0) is 31.5 Å². The summed E-state index contributed by atoms with van der Waals surface area (Å²) in [5, 5.41) is 0.430. The lowest BCUT2D eigenvalue weighted by Gasteiger charge is -2.26. The maximum absolute atomic E-state index is 12.8. The SMILES string of the molecule is COCCN(C(C)C)S(=O)(=O)c1cc(CCl)c(Cl)cc1Cl. The minimum absolute atomic E-state index is 0.00835. The highest BCUT2D eigenvalue weighted by molar-refractivity contribution is 7.89. The number of rotatable bonds is 7. The molecule has 0 atom stereocenters. The number of ether oxygens (including phenoxy) is 1. The van der Waals surface area contributed by atoms with Gasteiger partial charge in [-0.15, -0.1) is 11.6 Å². The van der Waals surface area contributed by atoms with Crippen LogP contribution in [0.4, 0.5) is 0 Å². The summed E-state index contributed by atoms with van der Waals surface area (Å²) >= 11 is 17.8. The molecule has 0 radical (unpaired) electrons. The third-order valence-corrected chi connectivity index (χ3v) is 6.10. The molecular formula is C13H18Cl3NO3S. The predicted octanol–water partition coefficient (Wildman–Crippen LogP) is 3.78. The molecule has 0 saturated carbocycles. The van der Waals surface area contributed by atoms with E-state index in [0.29, 0.717) is 17.2 Å². The lowest BCUT2D eigenvalue weighted by molar-refractivity contribution is 0.171. The van der Waals surface area contributed by atoms with Crippen LogP contribution in [0.1, 0.15) is 19.4 Å². The minimum atomic E-state index is -3.75. The highest BCUT2D eigenvalue weighted by atomic mass is 35.5. The van der Waals surface area contributed by atoms with Gasteiger partial charge in [-0.25, -0.2) is 8.42 Å². The molecule has 0 unspecified atom stereocenters. The molecule has 0 N–H and O–H groups in total. The van der Waals surface area contributed by atoms with Gasteiger partial charge in [0.1, 0.15) is 4.90 Å². The molecule has 1 aromatic rings. The first-order valence-electron chi connectivity index (χ1n) is 6.30. The van der Waals surface area contributed by atoms with Gasteiger partial charge in [0.05, 0.1) is 11.6 Å². The van der Waals surface area contributed by atoms with Gasteiger partial charge in [0.15, 0.2) is 0 Å². The first kappa shape index (κ1) is 19.0. The van der Waals surface area contributed by atoms with E-state index in [4.69, 9.17) is 39.5 Å². The average molecular weight is 375 g/mol. The van der Waals surface area contributed by atoms with Crippen molar-refractivity contribution in [3.63, 3.8) is 0 Å². The Balaban J connectivity index is 3.34. The molecule has 0 amide bonds. The van der Waals surface area contributed by atoms with Gasteiger partial charge in [0.2, 0.25) is 10.0 Å². The normalized spacial score (nSPS) is 12.4. The summed E-state index contributed by atoms with van der Waals surface area (Å²) in [5.41, 5.74) is 0.525. The van der Waals surface area contributed by atoms with Crippen LogP contribution in [0.15, 0.2) is 17.0 Å². The summed E-state index contributed by atoms with van der Waals surface area (Å²) in [6.07, 6.45) is 0. The molecule has 0 bridgehead atoms. The van der Waals surface area contributed by atoms with Crippen LogP contribution < -0.4 is 0 Å². The van der Waals surface area contributed by atoms with Crippen molar-refractivity contribution < 1.29 is 13.2 Å². The van der Waals surface area contributed by atoms with Crippen LogP contribution in [0.25, 0.3) is 0 Å². The smallest absolute Gasteiger partial charge is 0.244 e. The van der Waals surface area contributed by atoms with Crippen LogP contribution in [-0.2, 0) is 20.6 Å². The van der Waals surface area contributed by atoms with Crippen molar-refractivity contribution >= 4 is 44.8 Å². The van der Waals surface area contributed by atoms with Crippen LogP contribution >= 0.6 is 34.8 Å². The van der Waals surface area contributed by atoms with E-state index in [1.54, 1.807) is 13.8 Å². The Hall–Kier alpha value is -0.0400. The van der Waals surface area contributed by atoms with Crippen LogP contribution in [0.5, 0.6) is 0 Å². The molecule has 0 fully saturated rings. The summed E-state index contributed by atoms with van der Waals surface area (Å²) in [7, 11) is -2.23. The maximum Gasteiger partial charge on any atom is 0.244 e. The number of nitrogens with zero attached hydrogens (tertiary/aromatic N) is 1. The van der Waals surface area contributed by atoms with Crippen LogP contribution in [0, 0.1) is 0 Å². The Kier molecular flexibility index (Phi) is 7.24. The fraction of sp³-hybridized carbons (Fsp3) is 0.538. The molecule has 4 nitrogen and oxygen atoms in total. The van der Waals surface area contributed by atoms with E-state index in [0.717, 1.165) is 0 Å². The van der Waals surface area contributed by atoms with Crippen molar-refractivity contribution in [1.82, 2.24) is 4.31 Å². The lowest BCUT2D eigenvalue weighted by Crippen LogP contribution is -2.39. The van der Waals surface area contributed by atoms with Crippen molar-refractivity contribution in [3.05, 3.63) is 27.7 Å². The molecule has 0 saturated heterocycles. The van der Waals surface area contributed by atoms with E-state index in [9.17, 15) is 8.42 Å². The van der Waals surface area contributed by atoms with Gasteiger partial charge in [0, 0.05) is 30.6 Å². The van der Waals surface area contributed by atoms with Crippen molar-refractivity contribution in [2.24, 2.45) is 0 Å². The fourth-order valence-electron chi connectivity index (χ4n) is 1.83. The first-order valence-corrected chi connectivity index (χ1v) is 9.03. The zero-order valence-electron chi connectivity index (χ0n) is 12.1. The highest BCUT2D eigenvalue weighted by Gasteiger charge is 2.29. The lowest BCUT2D eigenvalue weighted by atomic mass is 10.2. The Morgan fingerprint density at radius 2 is 1.86 bits per heavy atom. The maximum atomic E-state index is 12.8. The molecule has 0 aromatic heterocycles. The Labute approximate surface area is 141 Å². The van der Waals surface area contributed by atoms with E-state index in [-0.39, 0.29) is 28.4 Å². The van der Waals surface area contributed by atoms with Crippen LogP contribution in [0.2, 0.25) is 10.0 Å². The van der Waals surface area contributed by atoms with Crippen molar-refractivity contribution in [3.8, 4) is 0 Å². The number of benzene rings is 1. The summed E-state index contributed by atoms with van der Waals surface area (Å²) in [6.45, 7) is 4.12. The number of hydrogen-bond donors (Lipinski definition) is 0. The second kappa shape index (κ2) is 7.99. The van der Waals surface area contributed by atoms with Crippen molar-refractivity contribution in [1.29, 1.82) is 0 Å². The Morgan fingerprint density at radius 3 is 2.33 bits per heavy atom. The molecule has 21 heavy (non-hydrogen) atoms. The summed E-state index contributed by atoms with van der Waals surface area (Å²) in [6, 6.07) is 2.61. The summed E-state index contributed by atoms with van der Waals surface area (Å²) in [4.78, 5) is 0.00835. The molecule has 120 valence electrons. The van der Waals surface area contributed by atoms with E-state index in [2.05, 4.69) is 0 Å². The van der Waals surface area contributed by atoms with Gasteiger partial charge in [-0.1, -0.05) is 23.2 Å². The van der Waals surface area contributed by atoms with E-state index in [1.807, 2.05) is 0 Å². The Morgan fingerprint density at radius 1 is 1.24 bits per heavy atom. The Bertz CT molecular complexity index is 591. The average Bonchev–Trinajstić information content (AvgIpc) is 2.38. The zero-order chi connectivity index (χ0) is 16.2. The molecule has 1 aromatic carbocycles. The quantitative estimate of drug-likeness (QED) is 0.682. The van der Waals surface area contributed by atoms with Crippen molar-refractivity contribution in [2.75, 3.05) is 20.3 Å². The monoisotopic (exact) mass is 373 g/mol. The molecule has 0 spiro atoms. The van der Waals surface area contributed by atoms with Gasteiger partial charge < -0.3 is 4.74 Å². The molecule has 0 aliphatic rings. The van der Waals surface area contributed by atoms with Crippen molar-refractivity contribution in [2.45, 2.75) is 30.7 Å². The standard InChI is InChI=1S/C13H18Cl3NO3S/c1-9(2)17(4-5-20-3)21(18,19)13-6-10(8-14)11(15)7-12(13)16/h6-7,9H,4-5,8H2,1-3H3. The van der Waals surface area contributed by atoms with E-state index in [1.165, 1.54) is 23.5 Å². The number of hydrogen-bond acceptors (Lipinski definition) is 3. The third kappa shape index (κ3) is 4.47. The molecule has 0 heterocycles. The van der Waals surface area contributed by atoms with E-state index < -0.39 is 10.0 Å². The van der Waals surface area contributed by atoms with Crippen LogP contribution in [0.3, 0.4) is 0 Å². The van der Waals surface area contributed by atoms with Gasteiger partial charge in [-0.2, -0.15) is 4.31 Å². The molecular weight excluding hydrogens is 357 g/mol. The van der Waals surface area contributed by atoms with E-state index >= 15 is 0 Å². The summed E-state index contributed by atoms with van der Waals surface area (Å²) in [5.74, 6) is 0.109. The topological polar surface area (TPSA) is 46.6 Å².